The first-order valence-electron chi connectivity index (χ1n) is 5.13. The standard InChI is InChI=1S/C11H17F2N/c12-8-2-6-10-4-1-5-11(14-10)7-3-9-13/h2-3,8-11,14H,1,4-7H2. The van der Waals surface area contributed by atoms with E-state index in [2.05, 4.69) is 5.32 Å². The van der Waals surface area contributed by atoms with Crippen LogP contribution in [-0.4, -0.2) is 12.1 Å². The van der Waals surface area contributed by atoms with Gasteiger partial charge in [-0.2, -0.15) is 0 Å². The number of nitrogens with one attached hydrogen (secondary N) is 1. The molecule has 0 spiro atoms. The lowest BCUT2D eigenvalue weighted by molar-refractivity contribution is 0.321. The minimum Gasteiger partial charge on any atom is -0.311 e. The lowest BCUT2D eigenvalue weighted by Gasteiger charge is -2.29. The van der Waals surface area contributed by atoms with Gasteiger partial charge in [-0.1, -0.05) is 18.6 Å². The predicted octanol–water partition coefficient (Wildman–Crippen LogP) is 3.24. The molecule has 1 rings (SSSR count). The molecule has 0 bridgehead atoms. The van der Waals surface area contributed by atoms with Crippen molar-refractivity contribution in [2.75, 3.05) is 0 Å². The number of piperidine rings is 1. The molecule has 1 aliphatic heterocycles. The summed E-state index contributed by atoms with van der Waals surface area (Å²) >= 11 is 0. The fourth-order valence-corrected chi connectivity index (χ4v) is 1.91. The highest BCUT2D eigenvalue weighted by Crippen LogP contribution is 2.17. The van der Waals surface area contributed by atoms with Gasteiger partial charge in [-0.15, -0.1) is 0 Å². The fourth-order valence-electron chi connectivity index (χ4n) is 1.91. The highest BCUT2D eigenvalue weighted by atomic mass is 19.1. The molecule has 1 fully saturated rings. The van der Waals surface area contributed by atoms with E-state index in [-0.39, 0.29) is 0 Å². The molecular formula is C11H17F2N. The highest BCUT2D eigenvalue weighted by molar-refractivity contribution is 4.90. The zero-order valence-electron chi connectivity index (χ0n) is 8.26. The Morgan fingerprint density at radius 1 is 1.00 bits per heavy atom. The molecule has 2 unspecified atom stereocenters. The highest BCUT2D eigenvalue weighted by Gasteiger charge is 2.18. The van der Waals surface area contributed by atoms with Gasteiger partial charge in [0.25, 0.3) is 0 Å². The van der Waals surface area contributed by atoms with Crippen LogP contribution in [-0.2, 0) is 0 Å². The van der Waals surface area contributed by atoms with E-state index in [9.17, 15) is 8.78 Å². The molecule has 0 saturated carbocycles. The molecule has 1 N–H and O–H groups in total. The normalized spacial score (nSPS) is 29.0. The molecule has 1 nitrogen and oxygen atoms in total. The quantitative estimate of drug-likeness (QED) is 0.736. The number of hydrogen-bond acceptors (Lipinski definition) is 1. The summed E-state index contributed by atoms with van der Waals surface area (Å²) in [5, 5.41) is 3.39. The van der Waals surface area contributed by atoms with Crippen LogP contribution >= 0.6 is 0 Å². The van der Waals surface area contributed by atoms with Crippen LogP contribution in [0.5, 0.6) is 0 Å². The Morgan fingerprint density at radius 3 is 1.93 bits per heavy atom. The Labute approximate surface area is 83.9 Å². The van der Waals surface area contributed by atoms with Gasteiger partial charge in [0.05, 0.1) is 12.7 Å². The van der Waals surface area contributed by atoms with Crippen molar-refractivity contribution in [3.63, 3.8) is 0 Å². The van der Waals surface area contributed by atoms with E-state index >= 15 is 0 Å². The van der Waals surface area contributed by atoms with Gasteiger partial charge in [0, 0.05) is 12.1 Å². The van der Waals surface area contributed by atoms with E-state index in [4.69, 9.17) is 0 Å². The summed E-state index contributed by atoms with van der Waals surface area (Å²) in [6, 6.07) is 0.711. The van der Waals surface area contributed by atoms with Crippen molar-refractivity contribution in [1.29, 1.82) is 0 Å². The van der Waals surface area contributed by atoms with Gasteiger partial charge in [0.15, 0.2) is 0 Å². The molecule has 80 valence electrons. The second-order valence-corrected chi connectivity index (χ2v) is 3.69. The van der Waals surface area contributed by atoms with Gasteiger partial charge in [-0.3, -0.25) is 0 Å². The van der Waals surface area contributed by atoms with Gasteiger partial charge < -0.3 is 5.32 Å². The van der Waals surface area contributed by atoms with E-state index in [1.807, 2.05) is 0 Å². The van der Waals surface area contributed by atoms with Gasteiger partial charge >= 0.3 is 0 Å². The maximum atomic E-state index is 11.8. The molecule has 0 aromatic heterocycles. The van der Waals surface area contributed by atoms with E-state index in [1.54, 1.807) is 0 Å². The molecule has 0 amide bonds. The third-order valence-corrected chi connectivity index (χ3v) is 2.60. The van der Waals surface area contributed by atoms with Gasteiger partial charge in [-0.25, -0.2) is 8.78 Å². The Morgan fingerprint density at radius 2 is 1.50 bits per heavy atom. The molecule has 1 heterocycles. The van der Waals surface area contributed by atoms with E-state index < -0.39 is 0 Å². The van der Waals surface area contributed by atoms with Crippen LogP contribution in [0.4, 0.5) is 8.78 Å². The maximum absolute atomic E-state index is 11.8. The van der Waals surface area contributed by atoms with Crippen LogP contribution in [0.3, 0.4) is 0 Å². The van der Waals surface area contributed by atoms with Crippen LogP contribution in [0.15, 0.2) is 24.8 Å². The molecule has 0 radical (unpaired) electrons. The van der Waals surface area contributed by atoms with Crippen LogP contribution < -0.4 is 5.32 Å². The average molecular weight is 201 g/mol. The summed E-state index contributed by atoms with van der Waals surface area (Å²) in [5.41, 5.74) is 0. The van der Waals surface area contributed by atoms with E-state index in [0.29, 0.717) is 24.7 Å². The van der Waals surface area contributed by atoms with Crippen molar-refractivity contribution < 1.29 is 8.78 Å². The van der Waals surface area contributed by atoms with Gasteiger partial charge in [0.1, 0.15) is 0 Å². The minimum atomic E-state index is 0.355. The van der Waals surface area contributed by atoms with Gasteiger partial charge in [0.2, 0.25) is 0 Å². The number of hydrogen-bond donors (Lipinski definition) is 1. The minimum absolute atomic E-state index is 0.355. The Kier molecular flexibility index (Phi) is 5.45. The molecule has 0 aliphatic carbocycles. The molecule has 0 aromatic rings. The Balaban J connectivity index is 2.28. The SMILES string of the molecule is FC=CCC1CCCC(CC=CF)N1. The smallest absolute Gasteiger partial charge is 0.0827 e. The monoisotopic (exact) mass is 201 g/mol. The zero-order chi connectivity index (χ0) is 10.2. The van der Waals surface area contributed by atoms with Crippen molar-refractivity contribution in [3.05, 3.63) is 24.8 Å². The second kappa shape index (κ2) is 6.71. The molecule has 3 heteroatoms. The van der Waals surface area contributed by atoms with Crippen LogP contribution in [0.25, 0.3) is 0 Å². The van der Waals surface area contributed by atoms with Crippen LogP contribution in [0, 0.1) is 0 Å². The van der Waals surface area contributed by atoms with E-state index in [1.165, 1.54) is 12.2 Å². The average Bonchev–Trinajstić information content (AvgIpc) is 2.24. The van der Waals surface area contributed by atoms with Crippen molar-refractivity contribution in [1.82, 2.24) is 5.32 Å². The molecule has 2 atom stereocenters. The third kappa shape index (κ3) is 4.01. The summed E-state index contributed by atoms with van der Waals surface area (Å²) < 4.78 is 23.6. The van der Waals surface area contributed by atoms with Crippen molar-refractivity contribution in [2.45, 2.75) is 44.2 Å². The summed E-state index contributed by atoms with van der Waals surface area (Å²) in [6.45, 7) is 0. The molecule has 1 saturated heterocycles. The van der Waals surface area contributed by atoms with Crippen molar-refractivity contribution in [2.24, 2.45) is 0 Å². The van der Waals surface area contributed by atoms with Crippen molar-refractivity contribution in [3.8, 4) is 0 Å². The number of halogens is 2. The molecule has 0 aromatic carbocycles. The van der Waals surface area contributed by atoms with Crippen molar-refractivity contribution >= 4 is 0 Å². The molecule has 1 aliphatic rings. The lowest BCUT2D eigenvalue weighted by Crippen LogP contribution is -2.41. The van der Waals surface area contributed by atoms with E-state index in [0.717, 1.165) is 32.1 Å². The third-order valence-electron chi connectivity index (χ3n) is 2.60. The first-order valence-corrected chi connectivity index (χ1v) is 5.13. The zero-order valence-corrected chi connectivity index (χ0v) is 8.26. The summed E-state index contributed by atoms with van der Waals surface area (Å²) in [7, 11) is 0. The first kappa shape index (κ1) is 11.4. The Hall–Kier alpha value is -0.700. The second-order valence-electron chi connectivity index (χ2n) is 3.69. The summed E-state index contributed by atoms with van der Waals surface area (Å²) in [5.74, 6) is 0. The number of rotatable bonds is 4. The largest absolute Gasteiger partial charge is 0.311 e. The van der Waals surface area contributed by atoms with Crippen LogP contribution in [0.2, 0.25) is 0 Å². The molecular weight excluding hydrogens is 184 g/mol. The predicted molar refractivity (Wildman–Crippen MR) is 54.3 cm³/mol. The van der Waals surface area contributed by atoms with Crippen LogP contribution in [0.1, 0.15) is 32.1 Å². The lowest BCUT2D eigenvalue weighted by atomic mass is 9.95. The summed E-state index contributed by atoms with van der Waals surface area (Å²) in [4.78, 5) is 0. The summed E-state index contributed by atoms with van der Waals surface area (Å²) in [6.07, 6.45) is 9.01. The maximum Gasteiger partial charge on any atom is 0.0827 e. The topological polar surface area (TPSA) is 12.0 Å². The first-order chi connectivity index (χ1) is 6.86. The Bertz CT molecular complexity index is 181. The fraction of sp³-hybridized carbons (Fsp3) is 0.636. The molecule has 14 heavy (non-hydrogen) atoms. The van der Waals surface area contributed by atoms with Gasteiger partial charge in [-0.05, 0) is 25.7 Å².